The minimum absolute atomic E-state index is 0.0218. The van der Waals surface area contributed by atoms with Crippen molar-refractivity contribution in [1.29, 1.82) is 0 Å². The lowest BCUT2D eigenvalue weighted by molar-refractivity contribution is -0.139. The zero-order chi connectivity index (χ0) is 20.4. The van der Waals surface area contributed by atoms with Crippen molar-refractivity contribution >= 4 is 22.9 Å². The highest BCUT2D eigenvalue weighted by atomic mass is 19.4. The molecule has 148 valence electrons. The van der Waals surface area contributed by atoms with Crippen LogP contribution in [0.4, 0.5) is 18.9 Å². The Morgan fingerprint density at radius 3 is 2.37 bits per heavy atom. The molecule has 0 aliphatic carbocycles. The Hall–Kier alpha value is -2.47. The van der Waals surface area contributed by atoms with Gasteiger partial charge in [0.2, 0.25) is 0 Å². The molecule has 0 bridgehead atoms. The van der Waals surface area contributed by atoms with Crippen LogP contribution in [0, 0.1) is 0 Å². The molecule has 0 fully saturated rings. The Morgan fingerprint density at radius 1 is 1.15 bits per heavy atom. The lowest BCUT2D eigenvalue weighted by atomic mass is 10.0. The van der Waals surface area contributed by atoms with Gasteiger partial charge in [-0.15, -0.1) is 0 Å². The fraction of sp³-hybridized carbons (Fsp3) is 0.375. The molecule has 1 aromatic carbocycles. The van der Waals surface area contributed by atoms with Crippen molar-refractivity contribution in [3.8, 4) is 0 Å². The Bertz CT molecular complexity index is 867. The molecule has 8 nitrogen and oxygen atoms in total. The molecule has 0 saturated heterocycles. The highest BCUT2D eigenvalue weighted by Gasteiger charge is 2.35. The molecule has 0 radical (unpaired) electrons. The molecule has 27 heavy (non-hydrogen) atoms. The number of aliphatic hydroxyl groups excluding tert-OH is 4. The third kappa shape index (κ3) is 4.63. The molecular weight excluding hydrogens is 375 g/mol. The third-order valence-corrected chi connectivity index (χ3v) is 3.82. The highest BCUT2D eigenvalue weighted by Crippen LogP contribution is 2.29. The SMILES string of the molecule is O=C[C@@H](Nc1ccc2cc(C(F)(F)F)c(=O)oc2c1)[C@H](O)[C@@H](O)[C@@H](O)CO. The molecule has 0 aliphatic heterocycles. The van der Waals surface area contributed by atoms with Gasteiger partial charge in [0, 0.05) is 17.1 Å². The second-order valence-electron chi connectivity index (χ2n) is 5.74. The van der Waals surface area contributed by atoms with E-state index < -0.39 is 48.3 Å². The average molecular weight is 391 g/mol. The molecule has 4 atom stereocenters. The van der Waals surface area contributed by atoms with Gasteiger partial charge >= 0.3 is 11.8 Å². The van der Waals surface area contributed by atoms with E-state index >= 15 is 0 Å². The second-order valence-corrected chi connectivity index (χ2v) is 5.74. The number of carbonyl (C=O) groups excluding carboxylic acids is 1. The second kappa shape index (κ2) is 8.05. The van der Waals surface area contributed by atoms with E-state index in [0.29, 0.717) is 6.07 Å². The summed E-state index contributed by atoms with van der Waals surface area (Å²) in [6.07, 6.45) is -9.99. The monoisotopic (exact) mass is 391 g/mol. The van der Waals surface area contributed by atoms with Crippen LogP contribution in [0.25, 0.3) is 11.0 Å². The van der Waals surface area contributed by atoms with Gasteiger partial charge in [0.15, 0.2) is 0 Å². The highest BCUT2D eigenvalue weighted by molar-refractivity contribution is 5.81. The van der Waals surface area contributed by atoms with Crippen molar-refractivity contribution in [3.63, 3.8) is 0 Å². The van der Waals surface area contributed by atoms with Crippen molar-refractivity contribution in [3.05, 3.63) is 40.2 Å². The number of hydrogen-bond acceptors (Lipinski definition) is 8. The lowest BCUT2D eigenvalue weighted by Gasteiger charge is -2.26. The largest absolute Gasteiger partial charge is 0.423 e. The van der Waals surface area contributed by atoms with Crippen LogP contribution >= 0.6 is 0 Å². The van der Waals surface area contributed by atoms with E-state index in [4.69, 9.17) is 5.11 Å². The molecule has 0 unspecified atom stereocenters. The number of hydrogen-bond donors (Lipinski definition) is 5. The maximum atomic E-state index is 12.7. The molecule has 5 N–H and O–H groups in total. The standard InChI is InChI=1S/C16H16F3NO7/c17-16(18,19)9-3-7-1-2-8(4-12(7)27-15(9)26)20-10(5-21)13(24)14(25)11(23)6-22/h1-5,10-11,13-14,20,22-25H,6H2/t10-,11+,13+,14+/m1/s1. The molecule has 0 spiro atoms. The van der Waals surface area contributed by atoms with Gasteiger partial charge in [-0.3, -0.25) is 0 Å². The normalized spacial score (nSPS) is 16.6. The van der Waals surface area contributed by atoms with Crippen LogP contribution in [0.1, 0.15) is 5.56 Å². The van der Waals surface area contributed by atoms with Crippen molar-refractivity contribution < 1.29 is 42.8 Å². The third-order valence-electron chi connectivity index (χ3n) is 3.82. The molecule has 1 heterocycles. The fourth-order valence-electron chi connectivity index (χ4n) is 2.34. The van der Waals surface area contributed by atoms with Crippen molar-refractivity contribution in [2.75, 3.05) is 11.9 Å². The van der Waals surface area contributed by atoms with Crippen LogP contribution < -0.4 is 10.9 Å². The van der Waals surface area contributed by atoms with Gasteiger partial charge in [0.25, 0.3) is 0 Å². The van der Waals surface area contributed by atoms with E-state index in [1.54, 1.807) is 0 Å². The first-order valence-corrected chi connectivity index (χ1v) is 7.60. The predicted octanol–water partition coefficient (Wildman–Crippen LogP) is -0.134. The molecule has 0 aliphatic rings. The molecule has 1 aromatic heterocycles. The summed E-state index contributed by atoms with van der Waals surface area (Å²) < 4.78 is 42.8. The number of halogens is 3. The Labute approximate surface area is 149 Å². The molecule has 2 aromatic rings. The first-order chi connectivity index (χ1) is 12.6. The van der Waals surface area contributed by atoms with Gasteiger partial charge in [-0.1, -0.05) is 0 Å². The van der Waals surface area contributed by atoms with E-state index in [0.717, 1.165) is 6.07 Å². The maximum Gasteiger partial charge on any atom is 0.423 e. The van der Waals surface area contributed by atoms with Gasteiger partial charge in [0.1, 0.15) is 41.8 Å². The number of nitrogens with one attached hydrogen (secondary N) is 1. The van der Waals surface area contributed by atoms with Crippen molar-refractivity contribution in [1.82, 2.24) is 0 Å². The number of aldehydes is 1. The zero-order valence-electron chi connectivity index (χ0n) is 13.6. The van der Waals surface area contributed by atoms with Gasteiger partial charge < -0.3 is 35.0 Å². The summed E-state index contributed by atoms with van der Waals surface area (Å²) in [7, 11) is 0. The molecule has 0 saturated carbocycles. The zero-order valence-corrected chi connectivity index (χ0v) is 13.6. The number of fused-ring (bicyclic) bond motifs is 1. The van der Waals surface area contributed by atoms with E-state index in [1.165, 1.54) is 12.1 Å². The number of aliphatic hydroxyl groups is 4. The van der Waals surface area contributed by atoms with E-state index in [9.17, 15) is 38.1 Å². The summed E-state index contributed by atoms with van der Waals surface area (Å²) in [5.74, 6) is 0. The first kappa shape index (κ1) is 20.8. The lowest BCUT2D eigenvalue weighted by Crippen LogP contribution is -2.49. The smallest absolute Gasteiger partial charge is 0.422 e. The average Bonchev–Trinajstić information content (AvgIpc) is 2.62. The van der Waals surface area contributed by atoms with Crippen molar-refractivity contribution in [2.45, 2.75) is 30.5 Å². The number of anilines is 1. The number of carbonyl (C=O) groups is 1. The Balaban J connectivity index is 2.31. The molecule has 0 amide bonds. The summed E-state index contributed by atoms with van der Waals surface area (Å²) in [4.78, 5) is 22.7. The minimum atomic E-state index is -4.87. The quantitative estimate of drug-likeness (QED) is 0.325. The Morgan fingerprint density at radius 2 is 1.81 bits per heavy atom. The van der Waals surface area contributed by atoms with Crippen LogP contribution in [-0.2, 0) is 11.0 Å². The summed E-state index contributed by atoms with van der Waals surface area (Å²) >= 11 is 0. The van der Waals surface area contributed by atoms with Gasteiger partial charge in [-0.2, -0.15) is 13.2 Å². The van der Waals surface area contributed by atoms with E-state index in [1.807, 2.05) is 0 Å². The number of alkyl halides is 3. The van der Waals surface area contributed by atoms with E-state index in [2.05, 4.69) is 9.73 Å². The molecule has 11 heteroatoms. The Kier molecular flexibility index (Phi) is 6.21. The summed E-state index contributed by atoms with van der Waals surface area (Å²) in [6.45, 7) is -0.855. The summed E-state index contributed by atoms with van der Waals surface area (Å²) in [6, 6.07) is 2.79. The van der Waals surface area contributed by atoms with Gasteiger partial charge in [-0.25, -0.2) is 4.79 Å². The summed E-state index contributed by atoms with van der Waals surface area (Å²) in [5.41, 5.74) is -3.15. The van der Waals surface area contributed by atoms with Crippen LogP contribution in [0.2, 0.25) is 0 Å². The topological polar surface area (TPSA) is 140 Å². The predicted molar refractivity (Wildman–Crippen MR) is 86.1 cm³/mol. The number of rotatable bonds is 7. The van der Waals surface area contributed by atoms with Gasteiger partial charge in [0.05, 0.1) is 6.61 Å². The number of benzene rings is 1. The van der Waals surface area contributed by atoms with Crippen LogP contribution in [0.3, 0.4) is 0 Å². The van der Waals surface area contributed by atoms with E-state index in [-0.39, 0.29) is 22.9 Å². The molecule has 2 rings (SSSR count). The maximum absolute atomic E-state index is 12.7. The fourth-order valence-corrected chi connectivity index (χ4v) is 2.34. The first-order valence-electron chi connectivity index (χ1n) is 7.60. The van der Waals surface area contributed by atoms with Crippen LogP contribution in [0.15, 0.2) is 33.5 Å². The molecular formula is C16H16F3NO7. The summed E-state index contributed by atoms with van der Waals surface area (Å²) in [5, 5.41) is 40.1. The van der Waals surface area contributed by atoms with Crippen LogP contribution in [0.5, 0.6) is 0 Å². The van der Waals surface area contributed by atoms with Gasteiger partial charge in [-0.05, 0) is 18.2 Å². The minimum Gasteiger partial charge on any atom is -0.422 e. The van der Waals surface area contributed by atoms with Crippen molar-refractivity contribution in [2.24, 2.45) is 0 Å². The van der Waals surface area contributed by atoms with Crippen LogP contribution in [-0.4, -0.2) is 57.7 Å².